The zero-order chi connectivity index (χ0) is 24.9. The number of para-hydroxylation sites is 1. The molecule has 0 radical (unpaired) electrons. The van der Waals surface area contributed by atoms with Gasteiger partial charge in [-0.1, -0.05) is 47.6 Å². The van der Waals surface area contributed by atoms with Gasteiger partial charge in [-0.15, -0.1) is 0 Å². The largest absolute Gasteiger partial charge is 0.272 e. The van der Waals surface area contributed by atoms with Gasteiger partial charge in [-0.25, -0.2) is 10.4 Å². The molecule has 1 amide bonds. The van der Waals surface area contributed by atoms with Crippen LogP contribution < -0.4 is 11.0 Å². The van der Waals surface area contributed by atoms with Crippen LogP contribution in [-0.4, -0.2) is 31.8 Å². The van der Waals surface area contributed by atoms with Gasteiger partial charge in [0.25, 0.3) is 17.2 Å². The summed E-state index contributed by atoms with van der Waals surface area (Å²) in [6.45, 7) is 1.63. The predicted molar refractivity (Wildman–Crippen MR) is 137 cm³/mol. The maximum Gasteiger partial charge on any atom is 0.270 e. The molecule has 3 aromatic carbocycles. The molecular formula is C24H18ClN5O4S. The van der Waals surface area contributed by atoms with Gasteiger partial charge in [-0.05, 0) is 43.3 Å². The number of nitro benzene ring substituents is 1. The van der Waals surface area contributed by atoms with Crippen LogP contribution in [0.5, 0.6) is 0 Å². The number of rotatable bonds is 7. The first-order valence-corrected chi connectivity index (χ1v) is 11.7. The number of hydrazone groups is 1. The lowest BCUT2D eigenvalue weighted by molar-refractivity contribution is -0.384. The molecular weight excluding hydrogens is 490 g/mol. The summed E-state index contributed by atoms with van der Waals surface area (Å²) in [7, 11) is 0. The monoisotopic (exact) mass is 507 g/mol. The fraction of sp³-hybridized carbons (Fsp3) is 0.0833. The maximum absolute atomic E-state index is 13.2. The summed E-state index contributed by atoms with van der Waals surface area (Å²) < 4.78 is 1.44. The molecule has 176 valence electrons. The van der Waals surface area contributed by atoms with E-state index >= 15 is 0 Å². The fourth-order valence-corrected chi connectivity index (χ4v) is 4.18. The Morgan fingerprint density at radius 1 is 1.14 bits per heavy atom. The second-order valence-electron chi connectivity index (χ2n) is 7.36. The Balaban J connectivity index is 1.56. The zero-order valence-corrected chi connectivity index (χ0v) is 19.9. The van der Waals surface area contributed by atoms with Crippen LogP contribution in [0, 0.1) is 10.1 Å². The second-order valence-corrected chi connectivity index (χ2v) is 8.74. The third-order valence-corrected chi connectivity index (χ3v) is 6.18. The molecule has 1 aromatic heterocycles. The van der Waals surface area contributed by atoms with Crippen LogP contribution in [-0.2, 0) is 4.79 Å². The number of halogens is 1. The first-order valence-electron chi connectivity index (χ1n) is 10.3. The molecule has 0 aliphatic carbocycles. The van der Waals surface area contributed by atoms with Crippen LogP contribution in [0.2, 0.25) is 5.02 Å². The van der Waals surface area contributed by atoms with Crippen molar-refractivity contribution in [3.05, 3.63) is 104 Å². The number of nitrogens with zero attached hydrogens (tertiary/aromatic N) is 4. The molecule has 0 atom stereocenters. The van der Waals surface area contributed by atoms with Crippen LogP contribution in [0.4, 0.5) is 5.69 Å². The molecule has 1 N–H and O–H groups in total. The number of carbonyl (C=O) groups excluding carboxylic acids is 1. The van der Waals surface area contributed by atoms with E-state index in [1.165, 1.54) is 16.7 Å². The van der Waals surface area contributed by atoms with Crippen molar-refractivity contribution in [1.82, 2.24) is 15.0 Å². The molecule has 11 heteroatoms. The van der Waals surface area contributed by atoms with Crippen molar-refractivity contribution in [2.24, 2.45) is 5.10 Å². The molecule has 1 heterocycles. The van der Waals surface area contributed by atoms with Crippen LogP contribution in [0.3, 0.4) is 0 Å². The molecule has 0 spiro atoms. The summed E-state index contributed by atoms with van der Waals surface area (Å²) in [6, 6.07) is 19.7. The number of aromatic nitrogens is 2. The standard InChI is InChI=1S/C24H18ClN5O4S/c1-15(16-5-4-6-19(13-16)30(33)34)27-28-22(31)14-35-24-26-21-8-3-2-7-20(21)23(32)29(24)18-11-9-17(25)10-12-18/h2-13H,14H2,1H3,(H,28,31)/b27-15+. The Bertz CT molecular complexity index is 1520. The average Bonchev–Trinajstić information content (AvgIpc) is 2.87. The van der Waals surface area contributed by atoms with Gasteiger partial charge >= 0.3 is 0 Å². The van der Waals surface area contributed by atoms with Gasteiger partial charge in [0.2, 0.25) is 0 Å². The van der Waals surface area contributed by atoms with Crippen molar-refractivity contribution in [3.8, 4) is 5.69 Å². The van der Waals surface area contributed by atoms with E-state index in [0.717, 1.165) is 11.8 Å². The van der Waals surface area contributed by atoms with Gasteiger partial charge in [0, 0.05) is 22.7 Å². The number of amides is 1. The molecule has 0 saturated heterocycles. The van der Waals surface area contributed by atoms with Gasteiger partial charge < -0.3 is 0 Å². The Kier molecular flexibility index (Phi) is 7.23. The number of non-ortho nitro benzene ring substituents is 1. The lowest BCUT2D eigenvalue weighted by Gasteiger charge is -2.13. The number of hydrogen-bond donors (Lipinski definition) is 1. The highest BCUT2D eigenvalue weighted by Crippen LogP contribution is 2.22. The average molecular weight is 508 g/mol. The number of fused-ring (bicyclic) bond motifs is 1. The summed E-state index contributed by atoms with van der Waals surface area (Å²) in [5.74, 6) is -0.491. The molecule has 0 aliphatic rings. The molecule has 35 heavy (non-hydrogen) atoms. The number of nitrogens with one attached hydrogen (secondary N) is 1. The number of thioether (sulfide) groups is 1. The molecule has 0 saturated carbocycles. The molecule has 0 bridgehead atoms. The van der Waals surface area contributed by atoms with Crippen molar-refractivity contribution in [2.45, 2.75) is 12.1 Å². The summed E-state index contributed by atoms with van der Waals surface area (Å²) in [4.78, 5) is 40.8. The molecule has 0 fully saturated rings. The molecule has 0 unspecified atom stereocenters. The topological polar surface area (TPSA) is 119 Å². The van der Waals surface area contributed by atoms with Crippen molar-refractivity contribution in [2.75, 3.05) is 5.75 Å². The van der Waals surface area contributed by atoms with E-state index < -0.39 is 10.8 Å². The molecule has 0 aliphatic heterocycles. The van der Waals surface area contributed by atoms with Gasteiger partial charge in [0.1, 0.15) is 0 Å². The van der Waals surface area contributed by atoms with Crippen molar-refractivity contribution in [3.63, 3.8) is 0 Å². The minimum atomic E-state index is -0.497. The zero-order valence-electron chi connectivity index (χ0n) is 18.3. The molecule has 4 rings (SSSR count). The van der Waals surface area contributed by atoms with E-state index in [-0.39, 0.29) is 17.0 Å². The minimum Gasteiger partial charge on any atom is -0.272 e. The number of nitro groups is 1. The van der Waals surface area contributed by atoms with E-state index in [9.17, 15) is 19.7 Å². The summed E-state index contributed by atoms with van der Waals surface area (Å²) >= 11 is 7.08. The first-order chi connectivity index (χ1) is 16.8. The SMILES string of the molecule is C/C(=N\NC(=O)CSc1nc2ccccc2c(=O)n1-c1ccc(Cl)cc1)c1cccc([N+](=O)[O-])c1. The highest BCUT2D eigenvalue weighted by Gasteiger charge is 2.15. The maximum atomic E-state index is 13.2. The molecule has 9 nitrogen and oxygen atoms in total. The summed E-state index contributed by atoms with van der Waals surface area (Å²) in [5, 5.41) is 16.3. The lowest BCUT2D eigenvalue weighted by atomic mass is 10.1. The Hall–Kier alpha value is -4.02. The van der Waals surface area contributed by atoms with Crippen LogP contribution >= 0.6 is 23.4 Å². The van der Waals surface area contributed by atoms with Gasteiger partial charge in [-0.3, -0.25) is 24.3 Å². The third kappa shape index (κ3) is 5.56. The van der Waals surface area contributed by atoms with E-state index in [1.54, 1.807) is 67.6 Å². The highest BCUT2D eigenvalue weighted by atomic mass is 35.5. The number of carbonyl (C=O) groups is 1. The summed E-state index contributed by atoms with van der Waals surface area (Å²) in [5.41, 5.74) is 4.13. The Labute approximate surface area is 208 Å². The van der Waals surface area contributed by atoms with E-state index in [4.69, 9.17) is 11.6 Å². The smallest absolute Gasteiger partial charge is 0.270 e. The Morgan fingerprint density at radius 2 is 1.89 bits per heavy atom. The molecule has 4 aromatic rings. The minimum absolute atomic E-state index is 0.0654. The number of benzene rings is 3. The lowest BCUT2D eigenvalue weighted by Crippen LogP contribution is -2.24. The van der Waals surface area contributed by atoms with Crippen molar-refractivity contribution >= 4 is 51.6 Å². The number of hydrogen-bond acceptors (Lipinski definition) is 7. The second kappa shape index (κ2) is 10.5. The first kappa shape index (κ1) is 24.1. The van der Waals surface area contributed by atoms with E-state index in [1.807, 2.05) is 0 Å². The van der Waals surface area contributed by atoms with Crippen LogP contribution in [0.15, 0.2) is 87.8 Å². The van der Waals surface area contributed by atoms with Crippen LogP contribution in [0.1, 0.15) is 12.5 Å². The van der Waals surface area contributed by atoms with E-state index in [0.29, 0.717) is 38.0 Å². The van der Waals surface area contributed by atoms with Gasteiger partial charge in [0.15, 0.2) is 5.16 Å². The van der Waals surface area contributed by atoms with Crippen molar-refractivity contribution in [1.29, 1.82) is 0 Å². The quantitative estimate of drug-likeness (QED) is 0.128. The van der Waals surface area contributed by atoms with Crippen LogP contribution in [0.25, 0.3) is 16.6 Å². The summed E-state index contributed by atoms with van der Waals surface area (Å²) in [6.07, 6.45) is 0. The highest BCUT2D eigenvalue weighted by molar-refractivity contribution is 7.99. The predicted octanol–water partition coefficient (Wildman–Crippen LogP) is 4.58. The van der Waals surface area contributed by atoms with Gasteiger partial charge in [-0.2, -0.15) is 5.10 Å². The fourth-order valence-electron chi connectivity index (χ4n) is 3.24. The van der Waals surface area contributed by atoms with E-state index in [2.05, 4.69) is 15.5 Å². The van der Waals surface area contributed by atoms with Gasteiger partial charge in [0.05, 0.1) is 33.0 Å². The normalized spacial score (nSPS) is 11.4. The van der Waals surface area contributed by atoms with Crippen molar-refractivity contribution < 1.29 is 9.72 Å². The third-order valence-electron chi connectivity index (χ3n) is 4.99. The Morgan fingerprint density at radius 3 is 2.63 bits per heavy atom.